The van der Waals surface area contributed by atoms with E-state index in [1.807, 2.05) is 0 Å². The van der Waals surface area contributed by atoms with Crippen molar-refractivity contribution in [1.82, 2.24) is 0 Å². The Morgan fingerprint density at radius 3 is 0.738 bits per heavy atom. The first-order chi connectivity index (χ1) is 49.8. The monoisotopic (exact) mass is 1510 g/mol. The molecule has 19 heteroatoms. The van der Waals surface area contributed by atoms with E-state index in [0.29, 0.717) is 25.7 Å². The predicted molar refractivity (Wildman–Crippen MR) is 423 cm³/mol. The minimum Gasteiger partial charge on any atom is -0.462 e. The fraction of sp³-hybridized carbons (Fsp3) is 0.952. The Kier molecular flexibility index (Phi) is 72.8. The number of phosphoric acid groups is 2. The number of hydrogen-bond acceptors (Lipinski definition) is 15. The first-order valence-corrected chi connectivity index (χ1v) is 46.4. The van der Waals surface area contributed by atoms with Gasteiger partial charge < -0.3 is 33.8 Å². The van der Waals surface area contributed by atoms with Gasteiger partial charge in [0.25, 0.3) is 0 Å². The second kappa shape index (κ2) is 74.2. The third-order valence-electron chi connectivity index (χ3n) is 20.0. The van der Waals surface area contributed by atoms with Crippen LogP contribution >= 0.6 is 15.6 Å². The van der Waals surface area contributed by atoms with Crippen molar-refractivity contribution < 1.29 is 80.2 Å². The molecule has 0 bridgehead atoms. The van der Waals surface area contributed by atoms with Gasteiger partial charge in [-0.05, 0) is 43.4 Å². The van der Waals surface area contributed by atoms with Crippen LogP contribution in [0.1, 0.15) is 440 Å². The van der Waals surface area contributed by atoms with Gasteiger partial charge in [-0.2, -0.15) is 0 Å². The zero-order chi connectivity index (χ0) is 75.8. The van der Waals surface area contributed by atoms with E-state index in [-0.39, 0.29) is 25.7 Å². The van der Waals surface area contributed by atoms with Gasteiger partial charge in [-0.25, -0.2) is 9.13 Å². The van der Waals surface area contributed by atoms with E-state index >= 15 is 0 Å². The van der Waals surface area contributed by atoms with Gasteiger partial charge in [0.1, 0.15) is 19.3 Å². The molecule has 0 saturated heterocycles. The number of aliphatic hydroxyl groups excluding tert-OH is 1. The highest BCUT2D eigenvalue weighted by molar-refractivity contribution is 7.47. The van der Waals surface area contributed by atoms with Crippen LogP contribution in [0.3, 0.4) is 0 Å². The van der Waals surface area contributed by atoms with Crippen molar-refractivity contribution in [3.63, 3.8) is 0 Å². The summed E-state index contributed by atoms with van der Waals surface area (Å²) in [5.41, 5.74) is 0. The van der Waals surface area contributed by atoms with E-state index in [1.54, 1.807) is 0 Å². The first kappa shape index (κ1) is 101. The highest BCUT2D eigenvalue weighted by Crippen LogP contribution is 2.45. The third kappa shape index (κ3) is 76.6. The third-order valence-corrected chi connectivity index (χ3v) is 21.9. The maximum absolute atomic E-state index is 13.1. The summed E-state index contributed by atoms with van der Waals surface area (Å²) in [6, 6.07) is 0. The van der Waals surface area contributed by atoms with Crippen molar-refractivity contribution in [3.05, 3.63) is 0 Å². The summed E-state index contributed by atoms with van der Waals surface area (Å²) >= 11 is 0. The summed E-state index contributed by atoms with van der Waals surface area (Å²) in [7, 11) is -9.92. The molecule has 0 spiro atoms. The Morgan fingerprint density at radius 2 is 0.495 bits per heavy atom. The molecule has 0 radical (unpaired) electrons. The molecule has 0 aromatic rings. The summed E-state index contributed by atoms with van der Waals surface area (Å²) in [6.07, 6.45) is 63.8. The van der Waals surface area contributed by atoms with Crippen LogP contribution in [0, 0.1) is 17.8 Å². The molecule has 0 amide bonds. The average molecular weight is 1510 g/mol. The van der Waals surface area contributed by atoms with Gasteiger partial charge in [-0.15, -0.1) is 0 Å². The number of ether oxygens (including phenoxy) is 4. The summed E-state index contributed by atoms with van der Waals surface area (Å²) < 4.78 is 68.8. The van der Waals surface area contributed by atoms with Gasteiger partial charge in [-0.3, -0.25) is 37.3 Å². The second-order valence-electron chi connectivity index (χ2n) is 31.4. The molecular weight excluding hydrogens is 1340 g/mol. The lowest BCUT2D eigenvalue weighted by Gasteiger charge is -2.21. The van der Waals surface area contributed by atoms with Crippen LogP contribution in [0.5, 0.6) is 0 Å². The van der Waals surface area contributed by atoms with Crippen LogP contribution in [0.15, 0.2) is 0 Å². The van der Waals surface area contributed by atoms with Crippen molar-refractivity contribution >= 4 is 39.5 Å². The van der Waals surface area contributed by atoms with E-state index in [9.17, 15) is 43.2 Å². The molecule has 0 saturated carbocycles. The Labute approximate surface area is 632 Å². The lowest BCUT2D eigenvalue weighted by Crippen LogP contribution is -2.30. The summed E-state index contributed by atoms with van der Waals surface area (Å²) in [6.45, 7) is 12.0. The summed E-state index contributed by atoms with van der Waals surface area (Å²) in [5, 5.41) is 10.7. The van der Waals surface area contributed by atoms with E-state index in [2.05, 4.69) is 48.5 Å². The zero-order valence-corrected chi connectivity index (χ0v) is 69.6. The van der Waals surface area contributed by atoms with E-state index in [0.717, 1.165) is 108 Å². The van der Waals surface area contributed by atoms with Crippen molar-refractivity contribution in [2.45, 2.75) is 458 Å². The van der Waals surface area contributed by atoms with Crippen LogP contribution in [-0.4, -0.2) is 96.7 Å². The van der Waals surface area contributed by atoms with Crippen molar-refractivity contribution in [2.75, 3.05) is 39.6 Å². The molecule has 3 N–H and O–H groups in total. The fourth-order valence-electron chi connectivity index (χ4n) is 13.0. The minimum absolute atomic E-state index is 0.107. The quantitative estimate of drug-likeness (QED) is 0.0222. The standard InChI is InChI=1S/C84H164O17P2/c1-8-10-11-12-13-14-37-44-51-58-65-81(86)94-71-79(101-84(89)68-61-54-47-40-33-27-29-35-42-49-56-63-76(5)6)73-98-102(90,91)96-69-78(85)70-97-103(92,93)99-74-80(72-95-82(87)66-59-52-45-38-31-25-22-21-23-28-34-41-48-55-62-75(3)4)100-83(88)67-60-53-46-39-32-26-20-18-16-15-17-19-24-30-36-43-50-57-64-77(7)9-2/h75-80,85H,8-74H2,1-7H3,(H,90,91)(H,92,93)/t77?,78-,79+,80+/m0/s1. The fourth-order valence-corrected chi connectivity index (χ4v) is 14.6. The maximum Gasteiger partial charge on any atom is 0.472 e. The Balaban J connectivity index is 5.22. The topological polar surface area (TPSA) is 237 Å². The lowest BCUT2D eigenvalue weighted by atomic mass is 9.99. The van der Waals surface area contributed by atoms with Crippen LogP contribution in [0.4, 0.5) is 0 Å². The number of unbranched alkanes of at least 4 members (excludes halogenated alkanes) is 49. The van der Waals surface area contributed by atoms with Crippen LogP contribution in [0.25, 0.3) is 0 Å². The van der Waals surface area contributed by atoms with E-state index < -0.39 is 97.5 Å². The van der Waals surface area contributed by atoms with E-state index in [1.165, 1.54) is 250 Å². The van der Waals surface area contributed by atoms with Crippen molar-refractivity contribution in [1.29, 1.82) is 0 Å². The largest absolute Gasteiger partial charge is 0.472 e. The van der Waals surface area contributed by atoms with Gasteiger partial charge >= 0.3 is 39.5 Å². The molecule has 0 rings (SSSR count). The number of aliphatic hydroxyl groups is 1. The number of carbonyl (C=O) groups excluding carboxylic acids is 4. The molecule has 0 fully saturated rings. The van der Waals surface area contributed by atoms with Gasteiger partial charge in [0.05, 0.1) is 26.4 Å². The maximum atomic E-state index is 13.1. The van der Waals surface area contributed by atoms with Crippen LogP contribution in [-0.2, 0) is 65.4 Å². The van der Waals surface area contributed by atoms with Crippen molar-refractivity contribution in [2.24, 2.45) is 17.8 Å². The van der Waals surface area contributed by atoms with Crippen molar-refractivity contribution in [3.8, 4) is 0 Å². The molecule has 0 heterocycles. The van der Waals surface area contributed by atoms with Gasteiger partial charge in [0, 0.05) is 25.7 Å². The molecule has 3 unspecified atom stereocenters. The number of rotatable bonds is 82. The Hall–Kier alpha value is -1.94. The van der Waals surface area contributed by atoms with Crippen LogP contribution < -0.4 is 0 Å². The number of carbonyl (C=O) groups is 4. The number of esters is 4. The zero-order valence-electron chi connectivity index (χ0n) is 67.8. The van der Waals surface area contributed by atoms with Crippen LogP contribution in [0.2, 0.25) is 0 Å². The molecule has 17 nitrogen and oxygen atoms in total. The van der Waals surface area contributed by atoms with E-state index in [4.69, 9.17) is 37.0 Å². The van der Waals surface area contributed by atoms with Gasteiger partial charge in [0.2, 0.25) is 0 Å². The molecule has 0 aromatic carbocycles. The number of phosphoric ester groups is 2. The lowest BCUT2D eigenvalue weighted by molar-refractivity contribution is -0.161. The summed E-state index contributed by atoms with van der Waals surface area (Å²) in [4.78, 5) is 73.1. The molecule has 612 valence electrons. The molecule has 6 atom stereocenters. The Bertz CT molecular complexity index is 1990. The molecule has 0 aliphatic rings. The first-order valence-electron chi connectivity index (χ1n) is 43.4. The molecule has 103 heavy (non-hydrogen) atoms. The predicted octanol–water partition coefficient (Wildman–Crippen LogP) is 25.3. The normalized spacial score (nSPS) is 14.2. The highest BCUT2D eigenvalue weighted by atomic mass is 31.2. The molecule has 0 aliphatic heterocycles. The summed E-state index contributed by atoms with van der Waals surface area (Å²) in [5.74, 6) is 0.328. The molecular formula is C84H164O17P2. The number of hydrogen-bond donors (Lipinski definition) is 3. The molecule has 0 aliphatic carbocycles. The molecule has 0 aromatic heterocycles. The minimum atomic E-state index is -4.96. The smallest absolute Gasteiger partial charge is 0.462 e. The van der Waals surface area contributed by atoms with Gasteiger partial charge in [0.15, 0.2) is 12.2 Å². The Morgan fingerprint density at radius 1 is 0.282 bits per heavy atom. The SMILES string of the molecule is CCCCCCCCCCCCC(=O)OC[C@H](COP(=O)(O)OC[C@H](O)COP(=O)(O)OC[C@@H](COC(=O)CCCCCCCCCCCCCCCCC(C)C)OC(=O)CCCCCCCCCCCCCCCCCCCCC(C)CC)OC(=O)CCCCCCCCCCCCCC(C)C. The second-order valence-corrected chi connectivity index (χ2v) is 34.3. The van der Waals surface area contributed by atoms with Gasteiger partial charge in [-0.1, -0.05) is 389 Å². The highest BCUT2D eigenvalue weighted by Gasteiger charge is 2.30. The average Bonchev–Trinajstić information content (AvgIpc) is 0.951.